The molecule has 0 aliphatic carbocycles. The second-order valence-corrected chi connectivity index (χ2v) is 4.41. The molecule has 0 aromatic heterocycles. The van der Waals surface area contributed by atoms with Crippen molar-refractivity contribution in [1.82, 2.24) is 0 Å². The van der Waals surface area contributed by atoms with Crippen LogP contribution in [0, 0.1) is 0 Å². The van der Waals surface area contributed by atoms with E-state index in [1.54, 1.807) is 30.3 Å². The van der Waals surface area contributed by atoms with Gasteiger partial charge in [-0.25, -0.2) is 0 Å². The number of aromatic hydroxyl groups is 1. The molecule has 0 fully saturated rings. The summed E-state index contributed by atoms with van der Waals surface area (Å²) in [4.78, 5) is 11.2. The van der Waals surface area contributed by atoms with E-state index in [4.69, 9.17) is 5.73 Å². The highest BCUT2D eigenvalue weighted by atomic mass is 16.3. The highest BCUT2D eigenvalue weighted by molar-refractivity contribution is 5.95. The van der Waals surface area contributed by atoms with Crippen molar-refractivity contribution in [2.24, 2.45) is 5.73 Å². The maximum atomic E-state index is 11.2. The number of amides is 1. The van der Waals surface area contributed by atoms with Crippen molar-refractivity contribution >= 4 is 23.0 Å². The van der Waals surface area contributed by atoms with Crippen LogP contribution in [0.5, 0.6) is 5.75 Å². The lowest BCUT2D eigenvalue weighted by Gasteiger charge is -2.10. The average Bonchev–Trinajstić information content (AvgIpc) is 2.57. The number of carbonyl (C=O) groups excluding carboxylic acids is 1. The highest BCUT2D eigenvalue weighted by Gasteiger charge is 2.15. The van der Waals surface area contributed by atoms with Gasteiger partial charge in [-0.2, -0.15) is 0 Å². The molecular formula is C14H13N3O2. The predicted octanol–water partition coefficient (Wildman–Crippen LogP) is 2.16. The van der Waals surface area contributed by atoms with E-state index in [1.165, 1.54) is 0 Å². The molecule has 0 unspecified atom stereocenters. The number of nitrogens with one attached hydrogen (secondary N) is 2. The highest BCUT2D eigenvalue weighted by Crippen LogP contribution is 2.35. The number of primary amides is 1. The lowest BCUT2D eigenvalue weighted by atomic mass is 10.1. The van der Waals surface area contributed by atoms with Gasteiger partial charge in [0.2, 0.25) is 5.91 Å². The predicted molar refractivity (Wildman–Crippen MR) is 73.7 cm³/mol. The first-order chi connectivity index (χ1) is 9.15. The second kappa shape index (κ2) is 4.20. The summed E-state index contributed by atoms with van der Waals surface area (Å²) >= 11 is 0. The van der Waals surface area contributed by atoms with Crippen molar-refractivity contribution in [3.63, 3.8) is 0 Å². The molecule has 0 spiro atoms. The lowest BCUT2D eigenvalue weighted by molar-refractivity contribution is 0.100. The van der Waals surface area contributed by atoms with E-state index < -0.39 is 5.91 Å². The van der Waals surface area contributed by atoms with Crippen LogP contribution in [0.1, 0.15) is 15.9 Å². The summed E-state index contributed by atoms with van der Waals surface area (Å²) < 4.78 is 0. The van der Waals surface area contributed by atoms with Crippen LogP contribution in [0.15, 0.2) is 36.4 Å². The summed E-state index contributed by atoms with van der Waals surface area (Å²) in [6.07, 6.45) is 0. The summed E-state index contributed by atoms with van der Waals surface area (Å²) in [5.41, 5.74) is 8.95. The molecule has 3 rings (SSSR count). The summed E-state index contributed by atoms with van der Waals surface area (Å²) in [5, 5.41) is 16.3. The topological polar surface area (TPSA) is 87.4 Å². The van der Waals surface area contributed by atoms with Crippen molar-refractivity contribution in [3.8, 4) is 5.75 Å². The molecule has 0 saturated carbocycles. The Labute approximate surface area is 110 Å². The first-order valence-electron chi connectivity index (χ1n) is 5.91. The number of hydrogen-bond donors (Lipinski definition) is 4. The smallest absolute Gasteiger partial charge is 0.248 e. The normalized spacial score (nSPS) is 12.4. The van der Waals surface area contributed by atoms with Crippen molar-refractivity contribution in [2.45, 2.75) is 6.54 Å². The minimum absolute atomic E-state index is 0.237. The third-order valence-electron chi connectivity index (χ3n) is 3.18. The van der Waals surface area contributed by atoms with Gasteiger partial charge < -0.3 is 21.5 Å². The third kappa shape index (κ3) is 1.95. The fraction of sp³-hybridized carbons (Fsp3) is 0.0714. The van der Waals surface area contributed by atoms with E-state index in [1.807, 2.05) is 6.07 Å². The number of nitrogens with two attached hydrogens (primary N) is 1. The number of anilines is 3. The van der Waals surface area contributed by atoms with E-state index in [2.05, 4.69) is 10.6 Å². The molecule has 1 aliphatic heterocycles. The molecule has 0 bridgehead atoms. The zero-order valence-electron chi connectivity index (χ0n) is 10.1. The summed E-state index contributed by atoms with van der Waals surface area (Å²) in [6, 6.07) is 10.5. The first-order valence-corrected chi connectivity index (χ1v) is 5.91. The Morgan fingerprint density at radius 3 is 2.79 bits per heavy atom. The van der Waals surface area contributed by atoms with Crippen LogP contribution in [0.4, 0.5) is 17.1 Å². The van der Waals surface area contributed by atoms with Crippen molar-refractivity contribution in [1.29, 1.82) is 0 Å². The average molecular weight is 255 g/mol. The molecule has 0 atom stereocenters. The van der Waals surface area contributed by atoms with Gasteiger partial charge in [-0.15, -0.1) is 0 Å². The minimum Gasteiger partial charge on any atom is -0.508 e. The molecule has 5 N–H and O–H groups in total. The molecule has 1 amide bonds. The van der Waals surface area contributed by atoms with Crippen LogP contribution in [-0.4, -0.2) is 11.0 Å². The van der Waals surface area contributed by atoms with E-state index in [0.29, 0.717) is 12.1 Å². The number of fused-ring (bicyclic) bond motifs is 2. The fourth-order valence-electron chi connectivity index (χ4n) is 2.16. The van der Waals surface area contributed by atoms with Crippen LogP contribution < -0.4 is 16.4 Å². The largest absolute Gasteiger partial charge is 0.508 e. The third-order valence-corrected chi connectivity index (χ3v) is 3.18. The van der Waals surface area contributed by atoms with Gasteiger partial charge in [-0.3, -0.25) is 4.79 Å². The minimum atomic E-state index is -0.468. The molecule has 5 heteroatoms. The van der Waals surface area contributed by atoms with Crippen molar-refractivity contribution in [2.75, 3.05) is 10.6 Å². The SMILES string of the molecule is NC(=O)c1ccc2c(c1)Nc1cccc(O)c1CN2. The molecule has 2 aromatic carbocycles. The molecule has 96 valence electrons. The standard InChI is InChI=1S/C14H13N3O2/c15-14(19)8-4-5-11-12(6-8)17-10-2-1-3-13(18)9(10)7-16-11/h1-6,16-18H,7H2,(H2,15,19). The Bertz CT molecular complexity index is 668. The van der Waals surface area contributed by atoms with Crippen molar-refractivity contribution < 1.29 is 9.90 Å². The molecule has 0 radical (unpaired) electrons. The molecule has 0 saturated heterocycles. The fourth-order valence-corrected chi connectivity index (χ4v) is 2.16. The summed E-state index contributed by atoms with van der Waals surface area (Å²) in [5.74, 6) is -0.231. The monoisotopic (exact) mass is 255 g/mol. The Kier molecular flexibility index (Phi) is 2.52. The maximum absolute atomic E-state index is 11.2. The van der Waals surface area contributed by atoms with Gasteiger partial charge in [0.05, 0.1) is 11.4 Å². The van der Waals surface area contributed by atoms with Gasteiger partial charge in [-0.05, 0) is 30.3 Å². The zero-order chi connectivity index (χ0) is 13.4. The Balaban J connectivity index is 2.08. The van der Waals surface area contributed by atoms with E-state index in [9.17, 15) is 9.90 Å². The van der Waals surface area contributed by atoms with Crippen molar-refractivity contribution in [3.05, 3.63) is 47.5 Å². The van der Waals surface area contributed by atoms with E-state index >= 15 is 0 Å². The number of rotatable bonds is 1. The molecule has 1 heterocycles. The van der Waals surface area contributed by atoms with Crippen LogP contribution in [0.25, 0.3) is 0 Å². The Hall–Kier alpha value is -2.69. The van der Waals surface area contributed by atoms with Crippen LogP contribution >= 0.6 is 0 Å². The van der Waals surface area contributed by atoms with Gasteiger partial charge in [0.25, 0.3) is 0 Å². The number of phenols is 1. The molecule has 2 aromatic rings. The van der Waals surface area contributed by atoms with E-state index in [0.717, 1.165) is 22.6 Å². The molecule has 5 nitrogen and oxygen atoms in total. The van der Waals surface area contributed by atoms with Gasteiger partial charge in [-0.1, -0.05) is 6.07 Å². The first kappa shape index (κ1) is 11.4. The number of phenolic OH excluding ortho intramolecular Hbond substituents is 1. The number of benzene rings is 2. The number of hydrogen-bond acceptors (Lipinski definition) is 4. The van der Waals surface area contributed by atoms with Crippen LogP contribution in [-0.2, 0) is 6.54 Å². The zero-order valence-corrected chi connectivity index (χ0v) is 10.1. The summed E-state index contributed by atoms with van der Waals surface area (Å²) in [6.45, 7) is 0.512. The lowest BCUT2D eigenvalue weighted by Crippen LogP contribution is -2.11. The van der Waals surface area contributed by atoms with Gasteiger partial charge in [0.15, 0.2) is 0 Å². The van der Waals surface area contributed by atoms with Gasteiger partial charge in [0, 0.05) is 23.4 Å². The van der Waals surface area contributed by atoms with Gasteiger partial charge in [0.1, 0.15) is 5.75 Å². The Morgan fingerprint density at radius 1 is 1.16 bits per heavy atom. The Morgan fingerprint density at radius 2 is 2.00 bits per heavy atom. The maximum Gasteiger partial charge on any atom is 0.248 e. The molecule has 1 aliphatic rings. The van der Waals surface area contributed by atoms with Crippen LogP contribution in [0.3, 0.4) is 0 Å². The molecular weight excluding hydrogens is 242 g/mol. The second-order valence-electron chi connectivity index (χ2n) is 4.41. The van der Waals surface area contributed by atoms with Gasteiger partial charge >= 0.3 is 0 Å². The molecule has 19 heavy (non-hydrogen) atoms. The summed E-state index contributed by atoms with van der Waals surface area (Å²) in [7, 11) is 0. The quantitative estimate of drug-likeness (QED) is 0.629. The van der Waals surface area contributed by atoms with E-state index in [-0.39, 0.29) is 5.75 Å². The van der Waals surface area contributed by atoms with Crippen LogP contribution in [0.2, 0.25) is 0 Å². The number of carbonyl (C=O) groups is 1.